The molecule has 3 rings (SSSR count). The quantitative estimate of drug-likeness (QED) is 0.837. The number of benzene rings is 1. The summed E-state index contributed by atoms with van der Waals surface area (Å²) in [5, 5.41) is 5.57. The summed E-state index contributed by atoms with van der Waals surface area (Å²) in [5.74, 6) is -0.415. The van der Waals surface area contributed by atoms with E-state index < -0.39 is 0 Å². The van der Waals surface area contributed by atoms with E-state index in [4.69, 9.17) is 0 Å². The summed E-state index contributed by atoms with van der Waals surface area (Å²) in [5.41, 5.74) is 2.69. The molecule has 1 saturated heterocycles. The van der Waals surface area contributed by atoms with Crippen molar-refractivity contribution in [1.82, 2.24) is 4.98 Å². The van der Waals surface area contributed by atoms with Crippen LogP contribution in [-0.4, -0.2) is 29.4 Å². The van der Waals surface area contributed by atoms with Crippen molar-refractivity contribution in [1.29, 1.82) is 0 Å². The molecule has 0 saturated carbocycles. The highest BCUT2D eigenvalue weighted by atomic mass is 16.2. The second-order valence-corrected chi connectivity index (χ2v) is 6.87. The van der Waals surface area contributed by atoms with E-state index in [1.165, 1.54) is 26.2 Å². The maximum atomic E-state index is 12.7. The van der Waals surface area contributed by atoms with Crippen LogP contribution in [0.15, 0.2) is 42.6 Å². The molecule has 0 radical (unpaired) electrons. The van der Waals surface area contributed by atoms with Gasteiger partial charge in [0.15, 0.2) is 0 Å². The maximum Gasteiger partial charge on any atom is 0.274 e. The fourth-order valence-corrected chi connectivity index (χ4v) is 3.56. The van der Waals surface area contributed by atoms with E-state index >= 15 is 0 Å². The lowest BCUT2D eigenvalue weighted by molar-refractivity contribution is -0.114. The standard InChI is InChI=1S/C21H26N4O2/c1-3-18-9-4-5-12-25(18)19-10-11-22-20(14-19)21(27)24-17-8-6-7-16(13-17)23-15(2)26/h6-8,10-11,13-14,18H,3-5,9,12H2,1-2H3,(H,23,26)(H,24,27). The minimum absolute atomic E-state index is 0.153. The average Bonchev–Trinajstić information content (AvgIpc) is 2.68. The van der Waals surface area contributed by atoms with E-state index in [0.29, 0.717) is 23.1 Å². The van der Waals surface area contributed by atoms with Gasteiger partial charge in [0.1, 0.15) is 5.69 Å². The lowest BCUT2D eigenvalue weighted by Gasteiger charge is -2.37. The Morgan fingerprint density at radius 3 is 2.67 bits per heavy atom. The van der Waals surface area contributed by atoms with Crippen LogP contribution in [0.2, 0.25) is 0 Å². The molecule has 1 atom stereocenters. The van der Waals surface area contributed by atoms with Gasteiger partial charge in [0.2, 0.25) is 5.91 Å². The summed E-state index contributed by atoms with van der Waals surface area (Å²) in [4.78, 5) is 30.5. The van der Waals surface area contributed by atoms with Gasteiger partial charge in [-0.3, -0.25) is 14.6 Å². The van der Waals surface area contributed by atoms with Gasteiger partial charge in [0, 0.05) is 42.8 Å². The number of nitrogens with zero attached hydrogens (tertiary/aromatic N) is 2. The molecule has 1 unspecified atom stereocenters. The van der Waals surface area contributed by atoms with Crippen molar-refractivity contribution in [2.24, 2.45) is 0 Å². The first kappa shape index (κ1) is 18.9. The summed E-state index contributed by atoms with van der Waals surface area (Å²) in [6.07, 6.45) is 6.42. The lowest BCUT2D eigenvalue weighted by atomic mass is 9.99. The molecule has 2 amide bonds. The first-order chi connectivity index (χ1) is 13.1. The molecule has 1 fully saturated rings. The van der Waals surface area contributed by atoms with Crippen LogP contribution < -0.4 is 15.5 Å². The predicted molar refractivity (Wildman–Crippen MR) is 108 cm³/mol. The van der Waals surface area contributed by atoms with E-state index in [-0.39, 0.29) is 11.8 Å². The fraction of sp³-hybridized carbons (Fsp3) is 0.381. The van der Waals surface area contributed by atoms with Crippen molar-refractivity contribution in [3.05, 3.63) is 48.3 Å². The predicted octanol–water partition coefficient (Wildman–Crippen LogP) is 4.06. The third-order valence-corrected chi connectivity index (χ3v) is 4.85. The largest absolute Gasteiger partial charge is 0.368 e. The SMILES string of the molecule is CCC1CCCCN1c1ccnc(C(=O)Nc2cccc(NC(C)=O)c2)c1. The van der Waals surface area contributed by atoms with Crippen LogP contribution in [0.25, 0.3) is 0 Å². The van der Waals surface area contributed by atoms with Gasteiger partial charge in [-0.05, 0) is 56.0 Å². The molecule has 0 spiro atoms. The van der Waals surface area contributed by atoms with Crippen molar-refractivity contribution in [3.8, 4) is 0 Å². The summed E-state index contributed by atoms with van der Waals surface area (Å²) in [6.45, 7) is 4.67. The number of piperidine rings is 1. The van der Waals surface area contributed by atoms with Crippen LogP contribution in [0, 0.1) is 0 Å². The van der Waals surface area contributed by atoms with Gasteiger partial charge in [-0.15, -0.1) is 0 Å². The number of anilines is 3. The Kier molecular flexibility index (Phi) is 6.06. The number of hydrogen-bond acceptors (Lipinski definition) is 4. The Hall–Kier alpha value is -2.89. The monoisotopic (exact) mass is 366 g/mol. The maximum absolute atomic E-state index is 12.7. The molecule has 142 valence electrons. The first-order valence-corrected chi connectivity index (χ1v) is 9.48. The van der Waals surface area contributed by atoms with Gasteiger partial charge in [-0.1, -0.05) is 13.0 Å². The summed E-state index contributed by atoms with van der Waals surface area (Å²) >= 11 is 0. The van der Waals surface area contributed by atoms with Crippen LogP contribution in [0.1, 0.15) is 50.0 Å². The zero-order valence-electron chi connectivity index (χ0n) is 15.9. The highest BCUT2D eigenvalue weighted by Crippen LogP contribution is 2.26. The van der Waals surface area contributed by atoms with Gasteiger partial charge in [-0.2, -0.15) is 0 Å². The molecule has 6 heteroatoms. The van der Waals surface area contributed by atoms with E-state index in [1.807, 2.05) is 12.1 Å². The Labute approximate surface area is 160 Å². The lowest BCUT2D eigenvalue weighted by Crippen LogP contribution is -2.39. The molecule has 0 aliphatic carbocycles. The molecule has 1 aliphatic rings. The minimum atomic E-state index is -0.262. The van der Waals surface area contributed by atoms with Gasteiger partial charge in [0.05, 0.1) is 0 Å². The Morgan fingerprint density at radius 2 is 1.93 bits per heavy atom. The van der Waals surface area contributed by atoms with E-state index in [0.717, 1.165) is 18.7 Å². The average molecular weight is 366 g/mol. The second kappa shape index (κ2) is 8.66. The minimum Gasteiger partial charge on any atom is -0.368 e. The molecule has 2 heterocycles. The first-order valence-electron chi connectivity index (χ1n) is 9.48. The van der Waals surface area contributed by atoms with Crippen molar-refractivity contribution < 1.29 is 9.59 Å². The Morgan fingerprint density at radius 1 is 1.15 bits per heavy atom. The Balaban J connectivity index is 1.75. The molecule has 0 bridgehead atoms. The van der Waals surface area contributed by atoms with Crippen LogP contribution in [0.4, 0.5) is 17.1 Å². The summed E-state index contributed by atoms with van der Waals surface area (Å²) < 4.78 is 0. The number of rotatable bonds is 5. The Bertz CT molecular complexity index is 821. The highest BCUT2D eigenvalue weighted by Gasteiger charge is 2.22. The summed E-state index contributed by atoms with van der Waals surface area (Å²) in [7, 11) is 0. The van der Waals surface area contributed by atoms with Crippen LogP contribution >= 0.6 is 0 Å². The molecule has 1 aliphatic heterocycles. The molecule has 2 N–H and O–H groups in total. The van der Waals surface area contributed by atoms with Crippen molar-refractivity contribution in [3.63, 3.8) is 0 Å². The van der Waals surface area contributed by atoms with Gasteiger partial charge in [-0.25, -0.2) is 0 Å². The number of aromatic nitrogens is 1. The number of hydrogen-bond donors (Lipinski definition) is 2. The zero-order chi connectivity index (χ0) is 19.2. The third-order valence-electron chi connectivity index (χ3n) is 4.85. The van der Waals surface area contributed by atoms with Crippen molar-refractivity contribution in [2.75, 3.05) is 22.1 Å². The van der Waals surface area contributed by atoms with Crippen molar-refractivity contribution in [2.45, 2.75) is 45.6 Å². The van der Waals surface area contributed by atoms with Gasteiger partial charge in [0.25, 0.3) is 5.91 Å². The third kappa shape index (κ3) is 4.84. The molecular formula is C21H26N4O2. The molecule has 6 nitrogen and oxygen atoms in total. The van der Waals surface area contributed by atoms with Crippen molar-refractivity contribution >= 4 is 28.9 Å². The molecular weight excluding hydrogens is 340 g/mol. The van der Waals surface area contributed by atoms with Gasteiger partial charge >= 0.3 is 0 Å². The fourth-order valence-electron chi connectivity index (χ4n) is 3.56. The molecule has 1 aromatic heterocycles. The van der Waals surface area contributed by atoms with E-state index in [9.17, 15) is 9.59 Å². The topological polar surface area (TPSA) is 74.3 Å². The number of amides is 2. The molecule has 2 aromatic rings. The number of pyridine rings is 1. The molecule has 27 heavy (non-hydrogen) atoms. The zero-order valence-corrected chi connectivity index (χ0v) is 15.9. The number of carbonyl (C=O) groups excluding carboxylic acids is 2. The van der Waals surface area contributed by atoms with Gasteiger partial charge < -0.3 is 15.5 Å². The second-order valence-electron chi connectivity index (χ2n) is 6.87. The van der Waals surface area contributed by atoms with E-state index in [2.05, 4.69) is 27.4 Å². The van der Waals surface area contributed by atoms with Crippen LogP contribution in [0.3, 0.4) is 0 Å². The van der Waals surface area contributed by atoms with E-state index in [1.54, 1.807) is 30.5 Å². The number of nitrogens with one attached hydrogen (secondary N) is 2. The highest BCUT2D eigenvalue weighted by molar-refractivity contribution is 6.03. The normalized spacial score (nSPS) is 16.7. The molecule has 1 aromatic carbocycles. The smallest absolute Gasteiger partial charge is 0.274 e. The van der Waals surface area contributed by atoms with Crippen LogP contribution in [0.5, 0.6) is 0 Å². The number of carbonyl (C=O) groups is 2. The summed E-state index contributed by atoms with van der Waals surface area (Å²) in [6, 6.07) is 11.4. The van der Waals surface area contributed by atoms with Crippen LogP contribution in [-0.2, 0) is 4.79 Å².